The van der Waals surface area contributed by atoms with Crippen molar-refractivity contribution >= 4 is 5.91 Å². The molecule has 1 atom stereocenters. The van der Waals surface area contributed by atoms with Gasteiger partial charge in [0.25, 0.3) is 5.91 Å². The van der Waals surface area contributed by atoms with Gasteiger partial charge < -0.3 is 10.1 Å². The van der Waals surface area contributed by atoms with Crippen molar-refractivity contribution in [2.75, 3.05) is 33.3 Å². The van der Waals surface area contributed by atoms with Crippen LogP contribution in [0.4, 0.5) is 0 Å². The maximum absolute atomic E-state index is 11.4. The molecule has 0 aromatic carbocycles. The Morgan fingerprint density at radius 2 is 2.23 bits per heavy atom. The van der Waals surface area contributed by atoms with E-state index in [0.717, 1.165) is 25.6 Å². The Hall–Kier alpha value is -1.62. The first-order valence-electron chi connectivity index (χ1n) is 7.93. The normalized spacial score (nSPS) is 19.2. The van der Waals surface area contributed by atoms with Crippen molar-refractivity contribution in [2.45, 2.75) is 27.2 Å². The number of rotatable bonds is 5. The van der Waals surface area contributed by atoms with E-state index in [1.165, 1.54) is 6.42 Å². The third-order valence-electron chi connectivity index (χ3n) is 4.37. The topological polar surface area (TPSA) is 54.5 Å². The summed E-state index contributed by atoms with van der Waals surface area (Å²) in [5, 5.41) is 2.55. The van der Waals surface area contributed by atoms with Crippen LogP contribution in [0.5, 0.6) is 5.75 Å². The minimum absolute atomic E-state index is 0.183. The standard InChI is InChI=1S/C17H27N3O2/c1-17(2,3)13-7-8-20(12-13)9-10-22-14-5-6-15(19-11-14)16(21)18-4/h5-6,11,13H,7-10,12H2,1-4H3,(H,18,21). The molecule has 0 radical (unpaired) electrons. The Labute approximate surface area is 133 Å². The molecular weight excluding hydrogens is 278 g/mol. The lowest BCUT2D eigenvalue weighted by Crippen LogP contribution is -2.29. The molecule has 5 heteroatoms. The van der Waals surface area contributed by atoms with Crippen LogP contribution in [0, 0.1) is 11.3 Å². The van der Waals surface area contributed by atoms with Crippen molar-refractivity contribution in [1.82, 2.24) is 15.2 Å². The average Bonchev–Trinajstić information content (AvgIpc) is 2.96. The summed E-state index contributed by atoms with van der Waals surface area (Å²) in [6.07, 6.45) is 2.87. The quantitative estimate of drug-likeness (QED) is 0.906. The zero-order valence-corrected chi connectivity index (χ0v) is 14.1. The van der Waals surface area contributed by atoms with Gasteiger partial charge in [-0.1, -0.05) is 20.8 Å². The monoisotopic (exact) mass is 305 g/mol. The first kappa shape index (κ1) is 16.7. The van der Waals surface area contributed by atoms with E-state index >= 15 is 0 Å². The first-order chi connectivity index (χ1) is 10.4. The number of carbonyl (C=O) groups is 1. The number of hydrogen-bond donors (Lipinski definition) is 1. The second-order valence-electron chi connectivity index (χ2n) is 6.96. The van der Waals surface area contributed by atoms with Gasteiger partial charge in [-0.3, -0.25) is 9.69 Å². The SMILES string of the molecule is CNC(=O)c1ccc(OCCN2CCC(C(C)(C)C)C2)cn1. The van der Waals surface area contributed by atoms with Crippen molar-refractivity contribution < 1.29 is 9.53 Å². The zero-order valence-electron chi connectivity index (χ0n) is 14.1. The number of nitrogens with one attached hydrogen (secondary N) is 1. The minimum atomic E-state index is -0.183. The van der Waals surface area contributed by atoms with Crippen molar-refractivity contribution in [2.24, 2.45) is 11.3 Å². The smallest absolute Gasteiger partial charge is 0.269 e. The molecule has 1 unspecified atom stereocenters. The summed E-state index contributed by atoms with van der Waals surface area (Å²) in [4.78, 5) is 18.0. The Kier molecular flexibility index (Phi) is 5.40. The molecule has 1 aromatic rings. The third-order valence-corrected chi connectivity index (χ3v) is 4.37. The molecule has 0 saturated carbocycles. The van der Waals surface area contributed by atoms with Gasteiger partial charge in [0, 0.05) is 20.1 Å². The number of nitrogens with zero attached hydrogens (tertiary/aromatic N) is 2. The molecule has 0 aliphatic carbocycles. The third kappa shape index (κ3) is 4.44. The Morgan fingerprint density at radius 1 is 1.45 bits per heavy atom. The highest BCUT2D eigenvalue weighted by Crippen LogP contribution is 2.33. The van der Waals surface area contributed by atoms with E-state index < -0.39 is 0 Å². The molecule has 2 heterocycles. The van der Waals surface area contributed by atoms with Gasteiger partial charge in [-0.15, -0.1) is 0 Å². The van der Waals surface area contributed by atoms with E-state index in [4.69, 9.17) is 4.74 Å². The van der Waals surface area contributed by atoms with Crippen molar-refractivity contribution in [1.29, 1.82) is 0 Å². The number of likely N-dealkylation sites (tertiary alicyclic amines) is 1. The van der Waals surface area contributed by atoms with Crippen LogP contribution in [0.2, 0.25) is 0 Å². The molecule has 1 fully saturated rings. The summed E-state index contributed by atoms with van der Waals surface area (Å²) < 4.78 is 5.72. The molecule has 1 aromatic heterocycles. The Balaban J connectivity index is 1.74. The molecule has 0 spiro atoms. The van der Waals surface area contributed by atoms with Crippen LogP contribution in [0.3, 0.4) is 0 Å². The molecule has 0 bridgehead atoms. The molecule has 1 aliphatic rings. The van der Waals surface area contributed by atoms with Crippen LogP contribution in [-0.4, -0.2) is 49.1 Å². The van der Waals surface area contributed by atoms with Crippen LogP contribution in [0.25, 0.3) is 0 Å². The minimum Gasteiger partial charge on any atom is -0.491 e. The second-order valence-corrected chi connectivity index (χ2v) is 6.96. The van der Waals surface area contributed by atoms with Gasteiger partial charge >= 0.3 is 0 Å². The van der Waals surface area contributed by atoms with Crippen LogP contribution < -0.4 is 10.1 Å². The summed E-state index contributed by atoms with van der Waals surface area (Å²) in [7, 11) is 1.59. The van der Waals surface area contributed by atoms with E-state index in [9.17, 15) is 4.79 Å². The highest BCUT2D eigenvalue weighted by molar-refractivity contribution is 5.91. The fourth-order valence-electron chi connectivity index (χ4n) is 2.76. The highest BCUT2D eigenvalue weighted by atomic mass is 16.5. The maximum Gasteiger partial charge on any atom is 0.269 e. The average molecular weight is 305 g/mol. The predicted molar refractivity (Wildman–Crippen MR) is 87.1 cm³/mol. The molecule has 1 N–H and O–H groups in total. The van der Waals surface area contributed by atoms with Crippen LogP contribution in [-0.2, 0) is 0 Å². The van der Waals surface area contributed by atoms with Gasteiger partial charge in [0.2, 0.25) is 0 Å². The van der Waals surface area contributed by atoms with Crippen molar-refractivity contribution in [3.8, 4) is 5.75 Å². The summed E-state index contributed by atoms with van der Waals surface area (Å²) in [5.41, 5.74) is 0.789. The van der Waals surface area contributed by atoms with Gasteiger partial charge in [-0.05, 0) is 36.4 Å². The molecule has 1 amide bonds. The fraction of sp³-hybridized carbons (Fsp3) is 0.647. The second kappa shape index (κ2) is 7.09. The highest BCUT2D eigenvalue weighted by Gasteiger charge is 2.31. The van der Waals surface area contributed by atoms with Crippen LogP contribution in [0.1, 0.15) is 37.7 Å². The fourth-order valence-corrected chi connectivity index (χ4v) is 2.76. The van der Waals surface area contributed by atoms with Gasteiger partial charge in [0.15, 0.2) is 0 Å². The van der Waals surface area contributed by atoms with Crippen LogP contribution >= 0.6 is 0 Å². The number of ether oxygens (including phenoxy) is 1. The lowest BCUT2D eigenvalue weighted by Gasteiger charge is -2.27. The number of hydrogen-bond acceptors (Lipinski definition) is 4. The first-order valence-corrected chi connectivity index (χ1v) is 7.93. The lowest BCUT2D eigenvalue weighted by atomic mass is 9.80. The summed E-state index contributed by atoms with van der Waals surface area (Å²) >= 11 is 0. The van der Waals surface area contributed by atoms with Crippen molar-refractivity contribution in [3.63, 3.8) is 0 Å². The van der Waals surface area contributed by atoms with E-state index in [-0.39, 0.29) is 5.91 Å². The van der Waals surface area contributed by atoms with E-state index in [1.54, 1.807) is 25.4 Å². The van der Waals surface area contributed by atoms with Gasteiger partial charge in [0.05, 0.1) is 6.20 Å². The number of carbonyl (C=O) groups excluding carboxylic acids is 1. The van der Waals surface area contributed by atoms with Crippen LogP contribution in [0.15, 0.2) is 18.3 Å². The van der Waals surface area contributed by atoms with Gasteiger partial charge in [-0.25, -0.2) is 4.98 Å². The molecule has 2 rings (SSSR count). The number of pyridine rings is 1. The molecular formula is C17H27N3O2. The largest absolute Gasteiger partial charge is 0.491 e. The Bertz CT molecular complexity index is 494. The van der Waals surface area contributed by atoms with E-state index in [0.29, 0.717) is 23.5 Å². The number of amides is 1. The van der Waals surface area contributed by atoms with Gasteiger partial charge in [0.1, 0.15) is 18.1 Å². The molecule has 122 valence electrons. The molecule has 22 heavy (non-hydrogen) atoms. The summed E-state index contributed by atoms with van der Waals surface area (Å²) in [6, 6.07) is 3.47. The number of aromatic nitrogens is 1. The van der Waals surface area contributed by atoms with Gasteiger partial charge in [-0.2, -0.15) is 0 Å². The molecule has 5 nitrogen and oxygen atoms in total. The molecule has 1 aliphatic heterocycles. The lowest BCUT2D eigenvalue weighted by molar-refractivity contribution is 0.0958. The zero-order chi connectivity index (χ0) is 16.2. The Morgan fingerprint density at radius 3 is 2.77 bits per heavy atom. The maximum atomic E-state index is 11.4. The summed E-state index contributed by atoms with van der Waals surface area (Å²) in [6.45, 7) is 10.8. The van der Waals surface area contributed by atoms with E-state index in [1.807, 2.05) is 0 Å². The van der Waals surface area contributed by atoms with E-state index in [2.05, 4.69) is 36.0 Å². The predicted octanol–water partition coefficient (Wildman–Crippen LogP) is 2.19. The summed E-state index contributed by atoms with van der Waals surface area (Å²) in [5.74, 6) is 1.29. The molecule has 1 saturated heterocycles. The van der Waals surface area contributed by atoms with Crippen molar-refractivity contribution in [3.05, 3.63) is 24.0 Å².